The van der Waals surface area contributed by atoms with Gasteiger partial charge in [0.2, 0.25) is 0 Å². The molecule has 18 heavy (non-hydrogen) atoms. The number of nitro groups is 1. The lowest BCUT2D eigenvalue weighted by molar-refractivity contribution is -0.385. The molecule has 1 aromatic rings. The third-order valence-corrected chi connectivity index (χ3v) is 2.70. The van der Waals surface area contributed by atoms with E-state index in [4.69, 9.17) is 4.74 Å². The molecule has 0 spiro atoms. The summed E-state index contributed by atoms with van der Waals surface area (Å²) >= 11 is 0. The van der Waals surface area contributed by atoms with Gasteiger partial charge in [0.25, 0.3) is 5.69 Å². The molecule has 0 aliphatic heterocycles. The summed E-state index contributed by atoms with van der Waals surface area (Å²) in [6, 6.07) is 4.57. The van der Waals surface area contributed by atoms with Crippen molar-refractivity contribution in [2.75, 3.05) is 7.11 Å². The molecule has 0 heterocycles. The molecule has 0 saturated heterocycles. The minimum atomic E-state index is -0.462. The number of nitrogens with zero attached hydrogens (tertiary/aromatic N) is 1. The molecule has 5 heteroatoms. The van der Waals surface area contributed by atoms with Crippen LogP contribution in [0.4, 0.5) is 5.69 Å². The Morgan fingerprint density at radius 1 is 1.39 bits per heavy atom. The molecule has 1 aromatic carbocycles. The topological polar surface area (TPSA) is 69.4 Å². The summed E-state index contributed by atoms with van der Waals surface area (Å²) in [6.07, 6.45) is 0.886. The van der Waals surface area contributed by atoms with Gasteiger partial charge in [0.05, 0.1) is 18.1 Å². The van der Waals surface area contributed by atoms with Gasteiger partial charge in [-0.3, -0.25) is 14.9 Å². The van der Waals surface area contributed by atoms with Crippen LogP contribution in [0, 0.1) is 16.0 Å². The Morgan fingerprint density at radius 3 is 2.56 bits per heavy atom. The first kappa shape index (κ1) is 14.2. The summed E-state index contributed by atoms with van der Waals surface area (Å²) < 4.78 is 5.01. The number of hydrogen-bond donors (Lipinski definition) is 0. The molecular formula is C13H17NO4. The lowest BCUT2D eigenvalue weighted by Crippen LogP contribution is -2.08. The first-order valence-electron chi connectivity index (χ1n) is 5.79. The molecule has 0 amide bonds. The van der Waals surface area contributed by atoms with Crippen molar-refractivity contribution in [3.05, 3.63) is 33.9 Å². The highest BCUT2D eigenvalue weighted by Crippen LogP contribution is 2.23. The van der Waals surface area contributed by atoms with Crippen molar-refractivity contribution < 1.29 is 14.5 Å². The SMILES string of the molecule is COc1cc(CCC(=O)C(C)C)cc([N+](=O)[O-])c1. The Morgan fingerprint density at radius 2 is 2.06 bits per heavy atom. The number of carbonyl (C=O) groups excluding carboxylic acids is 1. The molecule has 1 rings (SSSR count). The van der Waals surface area contributed by atoms with Crippen molar-refractivity contribution in [1.82, 2.24) is 0 Å². The number of methoxy groups -OCH3 is 1. The van der Waals surface area contributed by atoms with Crippen molar-refractivity contribution >= 4 is 11.5 Å². The van der Waals surface area contributed by atoms with E-state index in [1.54, 1.807) is 6.07 Å². The van der Waals surface area contributed by atoms with E-state index in [0.29, 0.717) is 18.6 Å². The number of carbonyl (C=O) groups is 1. The number of non-ortho nitro benzene ring substituents is 1. The van der Waals surface area contributed by atoms with Crippen LogP contribution in [-0.2, 0) is 11.2 Å². The fourth-order valence-electron chi connectivity index (χ4n) is 1.57. The van der Waals surface area contributed by atoms with Gasteiger partial charge in [-0.1, -0.05) is 13.8 Å². The predicted octanol–water partition coefficient (Wildman–Crippen LogP) is 2.76. The Balaban J connectivity index is 2.85. The first-order chi connectivity index (χ1) is 8.43. The summed E-state index contributed by atoms with van der Waals surface area (Å²) in [5, 5.41) is 10.8. The fourth-order valence-corrected chi connectivity index (χ4v) is 1.57. The van der Waals surface area contributed by atoms with Crippen molar-refractivity contribution in [2.24, 2.45) is 5.92 Å². The Kier molecular flexibility index (Phi) is 4.83. The van der Waals surface area contributed by atoms with E-state index in [2.05, 4.69) is 0 Å². The summed E-state index contributed by atoms with van der Waals surface area (Å²) in [5.41, 5.74) is 0.733. The van der Waals surface area contributed by atoms with Gasteiger partial charge in [0, 0.05) is 18.4 Å². The molecule has 0 saturated carbocycles. The number of hydrogen-bond acceptors (Lipinski definition) is 4. The highest BCUT2D eigenvalue weighted by molar-refractivity contribution is 5.80. The quantitative estimate of drug-likeness (QED) is 0.575. The van der Waals surface area contributed by atoms with Crippen molar-refractivity contribution in [3.8, 4) is 5.75 Å². The molecule has 0 radical (unpaired) electrons. The van der Waals surface area contributed by atoms with Crippen molar-refractivity contribution in [1.29, 1.82) is 0 Å². The van der Waals surface area contributed by atoms with Gasteiger partial charge in [-0.2, -0.15) is 0 Å². The van der Waals surface area contributed by atoms with Crippen molar-refractivity contribution in [3.63, 3.8) is 0 Å². The van der Waals surface area contributed by atoms with Gasteiger partial charge in [-0.25, -0.2) is 0 Å². The van der Waals surface area contributed by atoms with Gasteiger partial charge >= 0.3 is 0 Å². The van der Waals surface area contributed by atoms with Crippen LogP contribution in [0.3, 0.4) is 0 Å². The van der Waals surface area contributed by atoms with Gasteiger partial charge in [0.1, 0.15) is 11.5 Å². The third kappa shape index (κ3) is 3.84. The molecule has 0 aromatic heterocycles. The fraction of sp³-hybridized carbons (Fsp3) is 0.462. The Labute approximate surface area is 106 Å². The lowest BCUT2D eigenvalue weighted by Gasteiger charge is -2.06. The molecule has 0 atom stereocenters. The largest absolute Gasteiger partial charge is 0.496 e. The van der Waals surface area contributed by atoms with Crippen LogP contribution in [0.5, 0.6) is 5.75 Å². The summed E-state index contributed by atoms with van der Waals surface area (Å²) in [7, 11) is 1.46. The standard InChI is InChI=1S/C13H17NO4/c1-9(2)13(15)5-4-10-6-11(14(16)17)8-12(7-10)18-3/h6-9H,4-5H2,1-3H3. The second-order valence-electron chi connectivity index (χ2n) is 4.42. The minimum absolute atomic E-state index is 0.00871. The maximum absolute atomic E-state index is 11.5. The van der Waals surface area contributed by atoms with Crippen LogP contribution in [0.15, 0.2) is 18.2 Å². The van der Waals surface area contributed by atoms with Crippen LogP contribution in [-0.4, -0.2) is 17.8 Å². The smallest absolute Gasteiger partial charge is 0.273 e. The molecule has 0 aliphatic carbocycles. The lowest BCUT2D eigenvalue weighted by atomic mass is 10.0. The molecule has 98 valence electrons. The summed E-state index contributed by atoms with van der Waals surface area (Å²) in [6.45, 7) is 3.69. The minimum Gasteiger partial charge on any atom is -0.496 e. The van der Waals surface area contributed by atoms with E-state index in [9.17, 15) is 14.9 Å². The molecule has 0 aliphatic rings. The average Bonchev–Trinajstić information content (AvgIpc) is 2.35. The van der Waals surface area contributed by atoms with E-state index in [1.807, 2.05) is 13.8 Å². The molecule has 0 unspecified atom stereocenters. The number of benzene rings is 1. The average molecular weight is 251 g/mol. The van der Waals surface area contributed by atoms with Crippen LogP contribution < -0.4 is 4.74 Å². The van der Waals surface area contributed by atoms with Gasteiger partial charge in [-0.05, 0) is 18.1 Å². The van der Waals surface area contributed by atoms with Crippen LogP contribution in [0.2, 0.25) is 0 Å². The number of rotatable bonds is 6. The van der Waals surface area contributed by atoms with E-state index in [-0.39, 0.29) is 17.4 Å². The van der Waals surface area contributed by atoms with Gasteiger partial charge in [-0.15, -0.1) is 0 Å². The number of ether oxygens (including phenoxy) is 1. The monoisotopic (exact) mass is 251 g/mol. The molecule has 0 fully saturated rings. The van der Waals surface area contributed by atoms with Crippen LogP contribution in [0.1, 0.15) is 25.8 Å². The third-order valence-electron chi connectivity index (χ3n) is 2.70. The highest BCUT2D eigenvalue weighted by atomic mass is 16.6. The predicted molar refractivity (Wildman–Crippen MR) is 67.8 cm³/mol. The maximum Gasteiger partial charge on any atom is 0.273 e. The van der Waals surface area contributed by atoms with Crippen LogP contribution >= 0.6 is 0 Å². The van der Waals surface area contributed by atoms with Crippen molar-refractivity contribution in [2.45, 2.75) is 26.7 Å². The zero-order valence-corrected chi connectivity index (χ0v) is 10.8. The number of aryl methyl sites for hydroxylation is 1. The second kappa shape index (κ2) is 6.14. The highest BCUT2D eigenvalue weighted by Gasteiger charge is 2.12. The number of Topliss-reactive ketones (excluding diaryl/α,β-unsaturated/α-hetero) is 1. The number of nitro benzene ring substituents is 1. The van der Waals surface area contributed by atoms with Crippen LogP contribution in [0.25, 0.3) is 0 Å². The zero-order valence-electron chi connectivity index (χ0n) is 10.8. The van der Waals surface area contributed by atoms with E-state index in [1.165, 1.54) is 19.2 Å². The van der Waals surface area contributed by atoms with E-state index < -0.39 is 4.92 Å². The first-order valence-corrected chi connectivity index (χ1v) is 5.79. The van der Waals surface area contributed by atoms with Gasteiger partial charge < -0.3 is 4.74 Å². The molecule has 0 N–H and O–H groups in total. The Bertz CT molecular complexity index is 454. The second-order valence-corrected chi connectivity index (χ2v) is 4.42. The number of ketones is 1. The summed E-state index contributed by atoms with van der Waals surface area (Å²) in [4.78, 5) is 21.8. The molecular weight excluding hydrogens is 234 g/mol. The van der Waals surface area contributed by atoms with Gasteiger partial charge in [0.15, 0.2) is 0 Å². The molecule has 0 bridgehead atoms. The molecule has 5 nitrogen and oxygen atoms in total. The summed E-state index contributed by atoms with van der Waals surface area (Å²) in [5.74, 6) is 0.585. The maximum atomic E-state index is 11.5. The Hall–Kier alpha value is -1.91. The normalized spacial score (nSPS) is 10.4. The zero-order chi connectivity index (χ0) is 13.7. The van der Waals surface area contributed by atoms with E-state index in [0.717, 1.165) is 5.56 Å². The van der Waals surface area contributed by atoms with E-state index >= 15 is 0 Å².